The van der Waals surface area contributed by atoms with Crippen molar-refractivity contribution in [1.29, 1.82) is 0 Å². The van der Waals surface area contributed by atoms with Gasteiger partial charge in [-0.2, -0.15) is 0 Å². The Bertz CT molecular complexity index is 1270. The number of sulfonamides is 1. The predicted octanol–water partition coefficient (Wildman–Crippen LogP) is 4.49. The van der Waals surface area contributed by atoms with E-state index >= 15 is 0 Å². The Morgan fingerprint density at radius 1 is 1.07 bits per heavy atom. The number of fused-ring (bicyclic) bond motifs is 1. The summed E-state index contributed by atoms with van der Waals surface area (Å²) in [6.07, 6.45) is 2.25. The largest absolute Gasteiger partial charge is 0.465 e. The van der Waals surface area contributed by atoms with Crippen LogP contribution in [0.1, 0.15) is 15.2 Å². The summed E-state index contributed by atoms with van der Waals surface area (Å²) in [5.41, 5.74) is 0.614. The Morgan fingerprint density at radius 3 is 2.33 bits per heavy atom. The Kier molecular flexibility index (Phi) is 6.33. The molecule has 1 aromatic heterocycles. The molecule has 0 fully saturated rings. The van der Waals surface area contributed by atoms with Gasteiger partial charge in [-0.25, -0.2) is 13.2 Å². The van der Waals surface area contributed by atoms with Gasteiger partial charge in [0.1, 0.15) is 6.54 Å². The van der Waals surface area contributed by atoms with Gasteiger partial charge in [-0.15, -0.1) is 0 Å². The van der Waals surface area contributed by atoms with Crippen molar-refractivity contribution in [2.45, 2.75) is 0 Å². The molecular weight excluding hydrogens is 475 g/mol. The number of rotatable bonds is 5. The van der Waals surface area contributed by atoms with E-state index in [0.29, 0.717) is 10.9 Å². The summed E-state index contributed by atoms with van der Waals surface area (Å²) >= 11 is 18.1. The number of anilines is 1. The van der Waals surface area contributed by atoms with Crippen LogP contribution in [0.4, 0.5) is 5.69 Å². The smallest absolute Gasteiger partial charge is 0.340 e. The van der Waals surface area contributed by atoms with E-state index in [2.05, 4.69) is 0 Å². The second-order valence-electron chi connectivity index (χ2n) is 6.30. The second-order valence-corrected chi connectivity index (χ2v) is 9.43. The van der Waals surface area contributed by atoms with Crippen molar-refractivity contribution >= 4 is 73.3 Å². The molecule has 0 N–H and O–H groups in total. The van der Waals surface area contributed by atoms with Crippen LogP contribution in [0.3, 0.4) is 0 Å². The lowest BCUT2D eigenvalue weighted by atomic mass is 10.2. The van der Waals surface area contributed by atoms with Gasteiger partial charge in [0, 0.05) is 11.6 Å². The molecule has 3 aromatic rings. The van der Waals surface area contributed by atoms with Crippen molar-refractivity contribution in [3.8, 4) is 0 Å². The van der Waals surface area contributed by atoms with Crippen molar-refractivity contribution < 1.29 is 22.7 Å². The zero-order valence-electron chi connectivity index (χ0n) is 15.7. The average molecular weight is 490 g/mol. The lowest BCUT2D eigenvalue weighted by molar-refractivity contribution is 0.0603. The first-order chi connectivity index (χ1) is 14.0. The Morgan fingerprint density at radius 2 is 1.70 bits per heavy atom. The molecule has 0 aliphatic rings. The van der Waals surface area contributed by atoms with E-state index in [-0.39, 0.29) is 26.3 Å². The summed E-state index contributed by atoms with van der Waals surface area (Å²) in [6.45, 7) is -0.587. The quantitative estimate of drug-likeness (QED) is 0.389. The number of benzene rings is 2. The molecule has 158 valence electrons. The number of halogens is 3. The molecule has 0 atom stereocenters. The third kappa shape index (κ3) is 4.27. The van der Waals surface area contributed by atoms with Crippen LogP contribution in [-0.4, -0.2) is 44.8 Å². The summed E-state index contributed by atoms with van der Waals surface area (Å²) in [7, 11) is -2.69. The SMILES string of the molecule is COC(=O)c1cn(C(=O)CN(c2cc(Cl)c(Cl)cc2Cl)S(C)(=O)=O)c2ccccc12. The number of carbonyl (C=O) groups excluding carboxylic acids is 2. The Balaban J connectivity index is 2.09. The molecule has 3 rings (SSSR count). The van der Waals surface area contributed by atoms with Gasteiger partial charge in [-0.05, 0) is 18.2 Å². The third-order valence-electron chi connectivity index (χ3n) is 4.32. The molecule has 0 amide bonds. The van der Waals surface area contributed by atoms with Gasteiger partial charge in [0.05, 0.1) is 45.2 Å². The third-order valence-corrected chi connectivity index (χ3v) is 6.47. The van der Waals surface area contributed by atoms with E-state index in [4.69, 9.17) is 39.5 Å². The van der Waals surface area contributed by atoms with Crippen molar-refractivity contribution in [3.63, 3.8) is 0 Å². The van der Waals surface area contributed by atoms with E-state index in [1.807, 2.05) is 0 Å². The number of methoxy groups -OCH3 is 1. The maximum atomic E-state index is 13.1. The molecule has 0 unspecified atom stereocenters. The first-order valence-corrected chi connectivity index (χ1v) is 11.4. The molecule has 2 aromatic carbocycles. The topological polar surface area (TPSA) is 85.7 Å². The van der Waals surface area contributed by atoms with Crippen LogP contribution < -0.4 is 4.31 Å². The van der Waals surface area contributed by atoms with Gasteiger partial charge in [0.25, 0.3) is 5.91 Å². The molecule has 30 heavy (non-hydrogen) atoms. The molecule has 0 radical (unpaired) electrons. The number of para-hydroxylation sites is 1. The highest BCUT2D eigenvalue weighted by molar-refractivity contribution is 7.92. The lowest BCUT2D eigenvalue weighted by Gasteiger charge is -2.23. The van der Waals surface area contributed by atoms with Crippen LogP contribution in [0.15, 0.2) is 42.6 Å². The fourth-order valence-electron chi connectivity index (χ4n) is 2.94. The fourth-order valence-corrected chi connectivity index (χ4v) is 4.49. The van der Waals surface area contributed by atoms with E-state index in [1.54, 1.807) is 24.3 Å². The summed E-state index contributed by atoms with van der Waals surface area (Å²) < 4.78 is 31.6. The molecule has 1 heterocycles. The van der Waals surface area contributed by atoms with Crippen LogP contribution in [0.5, 0.6) is 0 Å². The summed E-state index contributed by atoms with van der Waals surface area (Å²) in [6, 6.07) is 9.27. The van der Waals surface area contributed by atoms with Crippen LogP contribution in [0, 0.1) is 0 Å². The van der Waals surface area contributed by atoms with E-state index in [1.165, 1.54) is 30.0 Å². The van der Waals surface area contributed by atoms with Crippen molar-refractivity contribution in [2.75, 3.05) is 24.2 Å². The van der Waals surface area contributed by atoms with Gasteiger partial charge >= 0.3 is 5.97 Å². The van der Waals surface area contributed by atoms with Crippen molar-refractivity contribution in [1.82, 2.24) is 4.57 Å². The van der Waals surface area contributed by atoms with E-state index in [9.17, 15) is 18.0 Å². The van der Waals surface area contributed by atoms with Gasteiger partial charge in [-0.1, -0.05) is 53.0 Å². The monoisotopic (exact) mass is 488 g/mol. The zero-order chi connectivity index (χ0) is 22.2. The average Bonchev–Trinajstić information content (AvgIpc) is 3.07. The van der Waals surface area contributed by atoms with E-state index < -0.39 is 28.4 Å². The Labute approximate surface area is 187 Å². The highest BCUT2D eigenvalue weighted by atomic mass is 35.5. The van der Waals surface area contributed by atoms with Gasteiger partial charge in [0.15, 0.2) is 0 Å². The summed E-state index contributed by atoms with van der Waals surface area (Å²) in [5.74, 6) is -1.24. The van der Waals surface area contributed by atoms with Crippen molar-refractivity contribution in [2.24, 2.45) is 0 Å². The first-order valence-electron chi connectivity index (χ1n) is 8.38. The van der Waals surface area contributed by atoms with Gasteiger partial charge in [-0.3, -0.25) is 13.7 Å². The van der Waals surface area contributed by atoms with Crippen LogP contribution >= 0.6 is 34.8 Å². The molecule has 0 saturated heterocycles. The van der Waals surface area contributed by atoms with Crippen molar-refractivity contribution in [3.05, 3.63) is 63.2 Å². The second kappa shape index (κ2) is 8.47. The highest BCUT2D eigenvalue weighted by Gasteiger charge is 2.26. The number of ether oxygens (including phenoxy) is 1. The van der Waals surface area contributed by atoms with Gasteiger partial charge in [0.2, 0.25) is 10.0 Å². The molecule has 11 heteroatoms. The Hall–Kier alpha value is -2.26. The molecule has 0 aliphatic carbocycles. The van der Waals surface area contributed by atoms with E-state index in [0.717, 1.165) is 10.6 Å². The standard InChI is InChI=1S/C19H15Cl3N2O5S/c1-29-19(26)12-9-23(16-6-4-3-5-11(12)16)18(25)10-24(30(2,27)28)17-8-14(21)13(20)7-15(17)22/h3-9H,10H2,1-2H3. The minimum atomic E-state index is -3.92. The minimum absolute atomic E-state index is 0.00608. The predicted molar refractivity (Wildman–Crippen MR) is 118 cm³/mol. The molecule has 0 saturated carbocycles. The number of hydrogen-bond donors (Lipinski definition) is 0. The normalized spacial score (nSPS) is 11.5. The maximum Gasteiger partial charge on any atom is 0.340 e. The summed E-state index contributed by atoms with van der Waals surface area (Å²) in [4.78, 5) is 25.2. The number of nitrogens with zero attached hydrogens (tertiary/aromatic N) is 2. The molecule has 0 aliphatic heterocycles. The summed E-state index contributed by atoms with van der Waals surface area (Å²) in [5, 5.41) is 0.729. The van der Waals surface area contributed by atoms with Crippen LogP contribution in [0.25, 0.3) is 10.9 Å². The molecule has 0 bridgehead atoms. The fraction of sp³-hybridized carbons (Fsp3) is 0.158. The number of esters is 1. The number of hydrogen-bond acceptors (Lipinski definition) is 5. The molecular formula is C19H15Cl3N2O5S. The lowest BCUT2D eigenvalue weighted by Crippen LogP contribution is -2.37. The minimum Gasteiger partial charge on any atom is -0.465 e. The van der Waals surface area contributed by atoms with Gasteiger partial charge < -0.3 is 4.74 Å². The molecule has 7 nitrogen and oxygen atoms in total. The van der Waals surface area contributed by atoms with Crippen LogP contribution in [-0.2, 0) is 14.8 Å². The first kappa shape index (κ1) is 22.4. The zero-order valence-corrected chi connectivity index (χ0v) is 18.8. The number of aromatic nitrogens is 1. The molecule has 0 spiro atoms. The highest BCUT2D eigenvalue weighted by Crippen LogP contribution is 2.35. The number of carbonyl (C=O) groups is 2. The van der Waals surface area contributed by atoms with Crippen LogP contribution in [0.2, 0.25) is 15.1 Å². The maximum absolute atomic E-state index is 13.1.